The Labute approximate surface area is 154 Å². The number of aromatic nitrogens is 2. The highest BCUT2D eigenvalue weighted by Gasteiger charge is 2.15. The number of nitrogens with one attached hydrogen (secondary N) is 1. The van der Waals surface area contributed by atoms with E-state index < -0.39 is 0 Å². The zero-order chi connectivity index (χ0) is 18.1. The lowest BCUT2D eigenvalue weighted by molar-refractivity contribution is 0.572. The summed E-state index contributed by atoms with van der Waals surface area (Å²) in [5.41, 5.74) is 3.16. The van der Waals surface area contributed by atoms with Crippen molar-refractivity contribution in [2.45, 2.75) is 26.3 Å². The van der Waals surface area contributed by atoms with E-state index in [0.717, 1.165) is 27.3 Å². The van der Waals surface area contributed by atoms with Gasteiger partial charge >= 0.3 is 0 Å². The van der Waals surface area contributed by atoms with Crippen LogP contribution in [0.3, 0.4) is 0 Å². The summed E-state index contributed by atoms with van der Waals surface area (Å²) in [5.74, 6) is 0.331. The Bertz CT molecular complexity index is 1060. The predicted molar refractivity (Wildman–Crippen MR) is 104 cm³/mol. The lowest BCUT2D eigenvalue weighted by atomic mass is 10.1. The van der Waals surface area contributed by atoms with Crippen molar-refractivity contribution in [1.29, 1.82) is 0 Å². The molecule has 2 aromatic heterocycles. The molecule has 132 valence electrons. The molecule has 4 aromatic rings. The average molecular weight is 367 g/mol. The van der Waals surface area contributed by atoms with Crippen LogP contribution < -0.4 is 5.32 Å². The Balaban J connectivity index is 1.73. The molecule has 2 aromatic carbocycles. The molecule has 0 aliphatic carbocycles. The van der Waals surface area contributed by atoms with Crippen molar-refractivity contribution in [2.24, 2.45) is 0 Å². The number of anilines is 1. The van der Waals surface area contributed by atoms with Gasteiger partial charge in [0.2, 0.25) is 0 Å². The van der Waals surface area contributed by atoms with Crippen molar-refractivity contribution < 1.29 is 8.81 Å². The summed E-state index contributed by atoms with van der Waals surface area (Å²) in [4.78, 5) is 8.91. The average Bonchev–Trinajstić information content (AvgIpc) is 3.27. The van der Waals surface area contributed by atoms with Crippen LogP contribution >= 0.6 is 11.3 Å². The Hall–Kier alpha value is -2.73. The first-order valence-electron chi connectivity index (χ1n) is 8.51. The third kappa shape index (κ3) is 3.20. The van der Waals surface area contributed by atoms with Crippen molar-refractivity contribution >= 4 is 26.7 Å². The van der Waals surface area contributed by atoms with Gasteiger partial charge in [-0.1, -0.05) is 30.4 Å². The van der Waals surface area contributed by atoms with Crippen LogP contribution in [0.2, 0.25) is 0 Å². The Morgan fingerprint density at radius 2 is 2.08 bits per heavy atom. The highest BCUT2D eigenvalue weighted by Crippen LogP contribution is 2.35. The van der Waals surface area contributed by atoms with E-state index >= 15 is 0 Å². The highest BCUT2D eigenvalue weighted by molar-refractivity contribution is 7.22. The van der Waals surface area contributed by atoms with E-state index in [1.807, 2.05) is 24.3 Å². The fourth-order valence-corrected chi connectivity index (χ4v) is 3.75. The second kappa shape index (κ2) is 6.88. The Morgan fingerprint density at radius 3 is 2.88 bits per heavy atom. The quantitative estimate of drug-likeness (QED) is 0.472. The van der Waals surface area contributed by atoms with E-state index in [9.17, 15) is 4.39 Å². The fourth-order valence-electron chi connectivity index (χ4n) is 2.73. The first kappa shape index (κ1) is 16.7. The highest BCUT2D eigenvalue weighted by atomic mass is 32.1. The first-order chi connectivity index (χ1) is 12.6. The molecule has 26 heavy (non-hydrogen) atoms. The first-order valence-corrected chi connectivity index (χ1v) is 9.32. The maximum atomic E-state index is 13.6. The number of nitrogens with zero attached hydrogens (tertiary/aromatic N) is 2. The number of hydrogen-bond donors (Lipinski definition) is 1. The standard InChI is InChI=1S/C20H18FN3OS/c1-3-12(2)23-20-24-16-8-7-14(10-17(16)26-20)19-18(22-11-25-19)13-5-4-6-15(21)9-13/h4-12H,3H2,1-2H3,(H,23,24)/t12-/m0/s1. The van der Waals surface area contributed by atoms with E-state index in [1.54, 1.807) is 17.4 Å². The Morgan fingerprint density at radius 1 is 1.19 bits per heavy atom. The molecular weight excluding hydrogens is 349 g/mol. The van der Waals surface area contributed by atoms with Crippen LogP contribution in [0, 0.1) is 5.82 Å². The van der Waals surface area contributed by atoms with E-state index in [2.05, 4.69) is 29.1 Å². The van der Waals surface area contributed by atoms with Crippen molar-refractivity contribution in [3.8, 4) is 22.6 Å². The number of hydrogen-bond acceptors (Lipinski definition) is 5. The molecule has 0 spiro atoms. The molecule has 2 heterocycles. The second-order valence-corrected chi connectivity index (χ2v) is 7.23. The molecule has 0 saturated heterocycles. The van der Waals surface area contributed by atoms with Gasteiger partial charge in [-0.2, -0.15) is 0 Å². The van der Waals surface area contributed by atoms with E-state index in [0.29, 0.717) is 23.1 Å². The summed E-state index contributed by atoms with van der Waals surface area (Å²) in [6.07, 6.45) is 2.43. The molecule has 0 aliphatic rings. The lowest BCUT2D eigenvalue weighted by Crippen LogP contribution is -2.12. The molecule has 0 fully saturated rings. The van der Waals surface area contributed by atoms with Gasteiger partial charge in [-0.25, -0.2) is 14.4 Å². The van der Waals surface area contributed by atoms with Gasteiger partial charge in [-0.15, -0.1) is 0 Å². The van der Waals surface area contributed by atoms with Crippen LogP contribution in [0.15, 0.2) is 53.3 Å². The molecule has 0 unspecified atom stereocenters. The Kier molecular flexibility index (Phi) is 4.42. The van der Waals surface area contributed by atoms with Gasteiger partial charge in [0.25, 0.3) is 0 Å². The smallest absolute Gasteiger partial charge is 0.183 e. The van der Waals surface area contributed by atoms with Gasteiger partial charge in [0.1, 0.15) is 11.5 Å². The molecule has 0 aliphatic heterocycles. The molecule has 0 amide bonds. The van der Waals surface area contributed by atoms with E-state index in [1.165, 1.54) is 18.5 Å². The summed E-state index contributed by atoms with van der Waals surface area (Å²) in [6.45, 7) is 4.28. The molecule has 6 heteroatoms. The van der Waals surface area contributed by atoms with Crippen LogP contribution in [0.5, 0.6) is 0 Å². The van der Waals surface area contributed by atoms with Gasteiger partial charge in [-0.3, -0.25) is 0 Å². The minimum atomic E-state index is -0.296. The zero-order valence-electron chi connectivity index (χ0n) is 14.5. The third-order valence-electron chi connectivity index (χ3n) is 4.30. The summed E-state index contributed by atoms with van der Waals surface area (Å²) in [7, 11) is 0. The predicted octanol–water partition coefficient (Wildman–Crippen LogP) is 5.97. The number of thiazole rings is 1. The van der Waals surface area contributed by atoms with Crippen LogP contribution in [0.4, 0.5) is 9.52 Å². The van der Waals surface area contributed by atoms with Crippen molar-refractivity contribution in [3.63, 3.8) is 0 Å². The number of halogens is 1. The summed E-state index contributed by atoms with van der Waals surface area (Å²) >= 11 is 1.61. The molecule has 0 bridgehead atoms. The maximum absolute atomic E-state index is 13.6. The van der Waals surface area contributed by atoms with Gasteiger partial charge in [0, 0.05) is 17.2 Å². The van der Waals surface area contributed by atoms with E-state index in [4.69, 9.17) is 4.42 Å². The van der Waals surface area contributed by atoms with Crippen molar-refractivity contribution in [1.82, 2.24) is 9.97 Å². The summed E-state index contributed by atoms with van der Waals surface area (Å²) < 4.78 is 20.2. The molecule has 4 nitrogen and oxygen atoms in total. The number of benzene rings is 2. The van der Waals surface area contributed by atoms with Crippen LogP contribution in [-0.2, 0) is 0 Å². The molecule has 4 rings (SSSR count). The lowest BCUT2D eigenvalue weighted by Gasteiger charge is -2.08. The minimum Gasteiger partial charge on any atom is -0.443 e. The van der Waals surface area contributed by atoms with Gasteiger partial charge < -0.3 is 9.73 Å². The molecule has 0 radical (unpaired) electrons. The normalized spacial score (nSPS) is 12.4. The summed E-state index contributed by atoms with van der Waals surface area (Å²) in [5, 5.41) is 4.32. The molecular formula is C20H18FN3OS. The summed E-state index contributed by atoms with van der Waals surface area (Å²) in [6, 6.07) is 12.7. The molecule has 1 atom stereocenters. The number of rotatable bonds is 5. The maximum Gasteiger partial charge on any atom is 0.183 e. The van der Waals surface area contributed by atoms with Crippen LogP contribution in [-0.4, -0.2) is 16.0 Å². The van der Waals surface area contributed by atoms with Crippen molar-refractivity contribution in [2.75, 3.05) is 5.32 Å². The molecule has 1 N–H and O–H groups in total. The van der Waals surface area contributed by atoms with Gasteiger partial charge in [0.15, 0.2) is 17.3 Å². The van der Waals surface area contributed by atoms with Gasteiger partial charge in [-0.05, 0) is 43.7 Å². The number of fused-ring (bicyclic) bond motifs is 1. The topological polar surface area (TPSA) is 51.0 Å². The third-order valence-corrected chi connectivity index (χ3v) is 5.25. The van der Waals surface area contributed by atoms with Crippen LogP contribution in [0.25, 0.3) is 32.8 Å². The zero-order valence-corrected chi connectivity index (χ0v) is 15.3. The van der Waals surface area contributed by atoms with E-state index in [-0.39, 0.29) is 5.82 Å². The largest absolute Gasteiger partial charge is 0.443 e. The molecule has 0 saturated carbocycles. The SMILES string of the molecule is CC[C@H](C)Nc1nc2ccc(-c3ocnc3-c3cccc(F)c3)cc2s1. The van der Waals surface area contributed by atoms with Gasteiger partial charge in [0.05, 0.1) is 10.2 Å². The fraction of sp³-hybridized carbons (Fsp3) is 0.200. The van der Waals surface area contributed by atoms with Crippen molar-refractivity contribution in [3.05, 3.63) is 54.7 Å². The monoisotopic (exact) mass is 367 g/mol. The minimum absolute atomic E-state index is 0.296. The number of oxazole rings is 1. The second-order valence-electron chi connectivity index (χ2n) is 6.20. The van der Waals surface area contributed by atoms with Crippen LogP contribution in [0.1, 0.15) is 20.3 Å².